The maximum absolute atomic E-state index is 12.5. The van der Waals surface area contributed by atoms with E-state index in [1.807, 2.05) is 30.0 Å². The summed E-state index contributed by atoms with van der Waals surface area (Å²) in [6.45, 7) is 3.33. The standard InChI is InChI=1S/C16H17N3O2/c1-2-19(9-5-12-3-7-17-8-4-12)16(20)14-11-15-13(18-14)6-10-21-15/h3-4,6-8,10-11,18H,2,5,9H2,1H3. The van der Waals surface area contributed by atoms with E-state index in [9.17, 15) is 4.79 Å². The predicted octanol–water partition coefficient (Wildman–Crippen LogP) is 2.86. The van der Waals surface area contributed by atoms with Crippen molar-refractivity contribution < 1.29 is 9.21 Å². The first-order valence-corrected chi connectivity index (χ1v) is 7.02. The zero-order valence-corrected chi connectivity index (χ0v) is 11.9. The summed E-state index contributed by atoms with van der Waals surface area (Å²) in [5.74, 6) is -0.00189. The number of aromatic amines is 1. The highest BCUT2D eigenvalue weighted by Crippen LogP contribution is 2.17. The quantitative estimate of drug-likeness (QED) is 0.783. The van der Waals surface area contributed by atoms with Crippen molar-refractivity contribution in [3.8, 4) is 0 Å². The molecule has 0 saturated carbocycles. The molecule has 0 saturated heterocycles. The van der Waals surface area contributed by atoms with Crippen molar-refractivity contribution in [2.45, 2.75) is 13.3 Å². The van der Waals surface area contributed by atoms with Crippen LogP contribution in [0.2, 0.25) is 0 Å². The van der Waals surface area contributed by atoms with Crippen LogP contribution in [-0.2, 0) is 6.42 Å². The highest BCUT2D eigenvalue weighted by Gasteiger charge is 2.17. The van der Waals surface area contributed by atoms with Crippen LogP contribution in [0.25, 0.3) is 11.1 Å². The van der Waals surface area contributed by atoms with E-state index < -0.39 is 0 Å². The molecule has 108 valence electrons. The molecule has 3 aromatic heterocycles. The van der Waals surface area contributed by atoms with Crippen molar-refractivity contribution in [2.75, 3.05) is 13.1 Å². The predicted molar refractivity (Wildman–Crippen MR) is 80.1 cm³/mol. The number of nitrogens with zero attached hydrogens (tertiary/aromatic N) is 2. The van der Waals surface area contributed by atoms with Gasteiger partial charge in [-0.3, -0.25) is 9.78 Å². The van der Waals surface area contributed by atoms with Gasteiger partial charge in [0.1, 0.15) is 5.69 Å². The highest BCUT2D eigenvalue weighted by atomic mass is 16.3. The molecule has 3 aromatic rings. The minimum absolute atomic E-state index is 0.00189. The molecule has 5 heteroatoms. The third-order valence-electron chi connectivity index (χ3n) is 3.56. The molecule has 0 bridgehead atoms. The monoisotopic (exact) mass is 283 g/mol. The maximum atomic E-state index is 12.5. The van der Waals surface area contributed by atoms with Crippen LogP contribution in [-0.4, -0.2) is 33.9 Å². The Hall–Kier alpha value is -2.56. The lowest BCUT2D eigenvalue weighted by molar-refractivity contribution is 0.0761. The zero-order valence-electron chi connectivity index (χ0n) is 11.9. The molecule has 0 spiro atoms. The van der Waals surface area contributed by atoms with E-state index in [-0.39, 0.29) is 5.91 Å². The molecular weight excluding hydrogens is 266 g/mol. The van der Waals surface area contributed by atoms with Gasteiger partial charge in [0.15, 0.2) is 5.58 Å². The van der Waals surface area contributed by atoms with Crippen molar-refractivity contribution in [1.29, 1.82) is 0 Å². The van der Waals surface area contributed by atoms with Gasteiger partial charge in [0.25, 0.3) is 5.91 Å². The van der Waals surface area contributed by atoms with Crippen molar-refractivity contribution >= 4 is 17.0 Å². The first-order valence-electron chi connectivity index (χ1n) is 7.02. The lowest BCUT2D eigenvalue weighted by Crippen LogP contribution is -2.33. The van der Waals surface area contributed by atoms with E-state index in [4.69, 9.17) is 4.42 Å². The second-order valence-corrected chi connectivity index (χ2v) is 4.87. The summed E-state index contributed by atoms with van der Waals surface area (Å²) in [7, 11) is 0. The number of fused-ring (bicyclic) bond motifs is 1. The number of carbonyl (C=O) groups is 1. The number of likely N-dealkylation sites (N-methyl/N-ethyl adjacent to an activating group) is 1. The van der Waals surface area contributed by atoms with E-state index in [0.717, 1.165) is 11.9 Å². The summed E-state index contributed by atoms with van der Waals surface area (Å²) in [5, 5.41) is 0. The van der Waals surface area contributed by atoms with E-state index in [2.05, 4.69) is 9.97 Å². The van der Waals surface area contributed by atoms with Crippen LogP contribution in [0, 0.1) is 0 Å². The Morgan fingerprint density at radius 3 is 2.86 bits per heavy atom. The Bertz CT molecular complexity index is 702. The molecule has 0 radical (unpaired) electrons. The maximum Gasteiger partial charge on any atom is 0.270 e. The van der Waals surface area contributed by atoms with Gasteiger partial charge in [0.05, 0.1) is 11.8 Å². The SMILES string of the molecule is CCN(CCc1ccncc1)C(=O)c1cc2occc2[nH]1. The second kappa shape index (κ2) is 5.83. The van der Waals surface area contributed by atoms with Crippen LogP contribution in [0.4, 0.5) is 0 Å². The fourth-order valence-electron chi connectivity index (χ4n) is 2.35. The molecule has 3 heterocycles. The molecule has 0 atom stereocenters. The number of pyridine rings is 1. The van der Waals surface area contributed by atoms with Crippen molar-refractivity contribution in [1.82, 2.24) is 14.9 Å². The normalized spacial score (nSPS) is 10.9. The number of carbonyl (C=O) groups excluding carboxylic acids is 1. The second-order valence-electron chi connectivity index (χ2n) is 4.87. The Morgan fingerprint density at radius 1 is 1.33 bits per heavy atom. The first-order chi connectivity index (χ1) is 10.3. The highest BCUT2D eigenvalue weighted by molar-refractivity contribution is 5.96. The van der Waals surface area contributed by atoms with Gasteiger partial charge in [0, 0.05) is 37.6 Å². The van der Waals surface area contributed by atoms with Gasteiger partial charge < -0.3 is 14.3 Å². The minimum atomic E-state index is -0.00189. The molecule has 0 aliphatic carbocycles. The van der Waals surface area contributed by atoms with Gasteiger partial charge in [-0.25, -0.2) is 0 Å². The molecule has 0 aliphatic rings. The van der Waals surface area contributed by atoms with Crippen LogP contribution in [0.5, 0.6) is 0 Å². The number of furan rings is 1. The Labute approximate surface area is 122 Å². The summed E-state index contributed by atoms with van der Waals surface area (Å²) >= 11 is 0. The number of rotatable bonds is 5. The molecule has 0 aliphatic heterocycles. The average Bonchev–Trinajstić information content (AvgIpc) is 3.10. The molecule has 0 aromatic carbocycles. The molecule has 3 rings (SSSR count). The molecule has 21 heavy (non-hydrogen) atoms. The molecule has 1 N–H and O–H groups in total. The number of hydrogen-bond acceptors (Lipinski definition) is 3. The molecule has 5 nitrogen and oxygen atoms in total. The third-order valence-corrected chi connectivity index (χ3v) is 3.56. The third kappa shape index (κ3) is 2.81. The zero-order chi connectivity index (χ0) is 14.7. The Balaban J connectivity index is 1.70. The Morgan fingerprint density at radius 2 is 2.14 bits per heavy atom. The fourth-order valence-corrected chi connectivity index (χ4v) is 2.35. The smallest absolute Gasteiger partial charge is 0.270 e. The van der Waals surface area contributed by atoms with Crippen LogP contribution >= 0.6 is 0 Å². The van der Waals surface area contributed by atoms with E-state index >= 15 is 0 Å². The van der Waals surface area contributed by atoms with Gasteiger partial charge in [-0.05, 0) is 31.0 Å². The lowest BCUT2D eigenvalue weighted by Gasteiger charge is -2.20. The van der Waals surface area contributed by atoms with Crippen molar-refractivity contribution in [3.05, 3.63) is 54.2 Å². The van der Waals surface area contributed by atoms with E-state index in [1.165, 1.54) is 5.56 Å². The first kappa shape index (κ1) is 13.4. The molecule has 0 unspecified atom stereocenters. The van der Waals surface area contributed by atoms with Gasteiger partial charge >= 0.3 is 0 Å². The van der Waals surface area contributed by atoms with Gasteiger partial charge in [0.2, 0.25) is 0 Å². The number of hydrogen-bond donors (Lipinski definition) is 1. The summed E-state index contributed by atoms with van der Waals surface area (Å²) in [6.07, 6.45) is 5.97. The summed E-state index contributed by atoms with van der Waals surface area (Å²) < 4.78 is 5.28. The van der Waals surface area contributed by atoms with Gasteiger partial charge in [-0.1, -0.05) is 0 Å². The minimum Gasteiger partial charge on any atom is -0.463 e. The number of H-pyrrole nitrogens is 1. The van der Waals surface area contributed by atoms with Crippen LogP contribution in [0.1, 0.15) is 23.0 Å². The van der Waals surface area contributed by atoms with Crippen molar-refractivity contribution in [2.24, 2.45) is 0 Å². The van der Waals surface area contributed by atoms with Crippen LogP contribution in [0.15, 0.2) is 47.3 Å². The molecular formula is C16H17N3O2. The number of aromatic nitrogens is 2. The number of nitrogens with one attached hydrogen (secondary N) is 1. The molecule has 1 amide bonds. The van der Waals surface area contributed by atoms with Gasteiger partial charge in [-0.2, -0.15) is 0 Å². The largest absolute Gasteiger partial charge is 0.463 e. The lowest BCUT2D eigenvalue weighted by atomic mass is 10.2. The average molecular weight is 283 g/mol. The van der Waals surface area contributed by atoms with E-state index in [1.54, 1.807) is 24.7 Å². The summed E-state index contributed by atoms with van der Waals surface area (Å²) in [6, 6.07) is 7.52. The molecule has 0 fully saturated rings. The van der Waals surface area contributed by atoms with E-state index in [0.29, 0.717) is 24.4 Å². The van der Waals surface area contributed by atoms with Crippen LogP contribution in [0.3, 0.4) is 0 Å². The summed E-state index contributed by atoms with van der Waals surface area (Å²) in [4.78, 5) is 21.4. The van der Waals surface area contributed by atoms with Crippen LogP contribution < -0.4 is 0 Å². The fraction of sp³-hybridized carbons (Fsp3) is 0.250. The number of amides is 1. The summed E-state index contributed by atoms with van der Waals surface area (Å²) in [5.41, 5.74) is 3.31. The Kier molecular flexibility index (Phi) is 3.73. The topological polar surface area (TPSA) is 62.1 Å². The van der Waals surface area contributed by atoms with Crippen molar-refractivity contribution in [3.63, 3.8) is 0 Å². The van der Waals surface area contributed by atoms with Gasteiger partial charge in [-0.15, -0.1) is 0 Å².